The van der Waals surface area contributed by atoms with Gasteiger partial charge in [0.1, 0.15) is 5.58 Å². The Balaban J connectivity index is 0.00000147. The van der Waals surface area contributed by atoms with E-state index in [2.05, 4.69) is 6.07 Å². The predicted molar refractivity (Wildman–Crippen MR) is 85.0 cm³/mol. The molecule has 0 saturated heterocycles. The van der Waals surface area contributed by atoms with Crippen LogP contribution in [0.1, 0.15) is 23.1 Å². The SMILES string of the molecule is Cl.N=C(N)SCc1cc(=O)oc2cc3c(cc12)CCC3. The summed E-state index contributed by atoms with van der Waals surface area (Å²) in [6, 6.07) is 5.61. The summed E-state index contributed by atoms with van der Waals surface area (Å²) in [4.78, 5) is 11.6. The molecular weight excluding hydrogens is 296 g/mol. The third-order valence-corrected chi connectivity index (χ3v) is 4.19. The number of nitrogens with one attached hydrogen (secondary N) is 1. The molecule has 106 valence electrons. The average Bonchev–Trinajstić information content (AvgIpc) is 2.80. The number of thioether (sulfide) groups is 1. The van der Waals surface area contributed by atoms with Crippen molar-refractivity contribution in [2.24, 2.45) is 5.73 Å². The number of hydrogen-bond acceptors (Lipinski definition) is 4. The van der Waals surface area contributed by atoms with E-state index in [1.54, 1.807) is 0 Å². The molecule has 6 heteroatoms. The van der Waals surface area contributed by atoms with Crippen molar-refractivity contribution in [3.63, 3.8) is 0 Å². The van der Waals surface area contributed by atoms with Gasteiger partial charge in [-0.15, -0.1) is 12.4 Å². The van der Waals surface area contributed by atoms with E-state index in [0.29, 0.717) is 11.3 Å². The highest BCUT2D eigenvalue weighted by Crippen LogP contribution is 2.29. The Morgan fingerprint density at radius 3 is 2.70 bits per heavy atom. The number of halogens is 1. The zero-order valence-corrected chi connectivity index (χ0v) is 12.4. The van der Waals surface area contributed by atoms with Crippen molar-refractivity contribution in [3.8, 4) is 0 Å². The molecule has 0 bridgehead atoms. The lowest BCUT2D eigenvalue weighted by Gasteiger charge is -2.07. The van der Waals surface area contributed by atoms with Gasteiger partial charge >= 0.3 is 5.63 Å². The zero-order valence-electron chi connectivity index (χ0n) is 10.8. The van der Waals surface area contributed by atoms with E-state index in [1.165, 1.54) is 29.0 Å². The second-order valence-electron chi connectivity index (χ2n) is 4.71. The minimum Gasteiger partial charge on any atom is -0.423 e. The molecule has 0 fully saturated rings. The molecule has 20 heavy (non-hydrogen) atoms. The van der Waals surface area contributed by atoms with Crippen molar-refractivity contribution < 1.29 is 4.42 Å². The first-order chi connectivity index (χ1) is 9.13. The Morgan fingerprint density at radius 1 is 1.30 bits per heavy atom. The highest BCUT2D eigenvalue weighted by Gasteiger charge is 2.15. The first-order valence-corrected chi connectivity index (χ1v) is 7.17. The maximum Gasteiger partial charge on any atom is 0.336 e. The van der Waals surface area contributed by atoms with E-state index in [4.69, 9.17) is 15.6 Å². The third kappa shape index (κ3) is 2.83. The van der Waals surface area contributed by atoms with Gasteiger partial charge < -0.3 is 10.2 Å². The quantitative estimate of drug-likeness (QED) is 0.508. The molecule has 0 unspecified atom stereocenters. The molecule has 2 aromatic rings. The van der Waals surface area contributed by atoms with Crippen LogP contribution in [0.5, 0.6) is 0 Å². The van der Waals surface area contributed by atoms with E-state index in [-0.39, 0.29) is 23.2 Å². The largest absolute Gasteiger partial charge is 0.423 e. The molecule has 1 aliphatic carbocycles. The van der Waals surface area contributed by atoms with Crippen LogP contribution in [0.3, 0.4) is 0 Å². The van der Waals surface area contributed by atoms with Gasteiger partial charge in [-0.25, -0.2) is 4.79 Å². The molecule has 0 saturated carbocycles. The van der Waals surface area contributed by atoms with Crippen LogP contribution in [0.15, 0.2) is 27.4 Å². The highest BCUT2D eigenvalue weighted by atomic mass is 35.5. The van der Waals surface area contributed by atoms with Crippen molar-refractivity contribution in [1.82, 2.24) is 0 Å². The lowest BCUT2D eigenvalue weighted by Crippen LogP contribution is -2.06. The Hall–Kier alpha value is -1.46. The standard InChI is InChI=1S/C14H14N2O2S.ClH/c15-14(16)19-7-10-6-13(17)18-12-5-9-3-1-2-8(9)4-11(10)12;/h4-6H,1-3,7H2,(H3,15,16);1H. The molecule has 1 aliphatic rings. The second-order valence-corrected chi connectivity index (χ2v) is 5.73. The van der Waals surface area contributed by atoms with E-state index >= 15 is 0 Å². The molecule has 0 atom stereocenters. The van der Waals surface area contributed by atoms with Gasteiger partial charge in [-0.2, -0.15) is 0 Å². The van der Waals surface area contributed by atoms with E-state index < -0.39 is 0 Å². The molecule has 1 aromatic carbocycles. The molecular formula is C14H15ClN2O2S. The molecule has 3 N–H and O–H groups in total. The monoisotopic (exact) mass is 310 g/mol. The highest BCUT2D eigenvalue weighted by molar-refractivity contribution is 8.13. The molecule has 1 heterocycles. The van der Waals surface area contributed by atoms with Crippen molar-refractivity contribution in [2.45, 2.75) is 25.0 Å². The van der Waals surface area contributed by atoms with E-state index in [1.807, 2.05) is 6.07 Å². The van der Waals surface area contributed by atoms with Crippen molar-refractivity contribution >= 4 is 40.3 Å². The molecule has 0 radical (unpaired) electrons. The minimum absolute atomic E-state index is 0. The fourth-order valence-electron chi connectivity index (χ4n) is 2.57. The summed E-state index contributed by atoms with van der Waals surface area (Å²) < 4.78 is 5.28. The Morgan fingerprint density at radius 2 is 2.00 bits per heavy atom. The summed E-state index contributed by atoms with van der Waals surface area (Å²) in [6.07, 6.45) is 3.30. The van der Waals surface area contributed by atoms with Crippen LogP contribution in [-0.2, 0) is 18.6 Å². The summed E-state index contributed by atoms with van der Waals surface area (Å²) in [7, 11) is 0. The Bertz CT molecular complexity index is 727. The van der Waals surface area contributed by atoms with Crippen LogP contribution in [0, 0.1) is 5.41 Å². The zero-order chi connectivity index (χ0) is 13.4. The number of rotatable bonds is 2. The van der Waals surface area contributed by atoms with Crippen LogP contribution in [0.4, 0.5) is 0 Å². The van der Waals surface area contributed by atoms with Crippen LogP contribution < -0.4 is 11.4 Å². The maximum absolute atomic E-state index is 11.6. The van der Waals surface area contributed by atoms with Gasteiger partial charge in [0, 0.05) is 17.2 Å². The van der Waals surface area contributed by atoms with Crippen molar-refractivity contribution in [2.75, 3.05) is 0 Å². The number of nitrogens with two attached hydrogens (primary N) is 1. The first kappa shape index (κ1) is 14.9. The number of aryl methyl sites for hydroxylation is 2. The van der Waals surface area contributed by atoms with E-state index in [9.17, 15) is 4.79 Å². The van der Waals surface area contributed by atoms with Gasteiger partial charge in [-0.1, -0.05) is 11.8 Å². The van der Waals surface area contributed by atoms with Gasteiger partial charge in [0.05, 0.1) is 0 Å². The van der Waals surface area contributed by atoms with Crippen molar-refractivity contribution in [1.29, 1.82) is 5.41 Å². The summed E-state index contributed by atoms with van der Waals surface area (Å²) in [5.74, 6) is 0.524. The van der Waals surface area contributed by atoms with Gasteiger partial charge in [0.2, 0.25) is 0 Å². The minimum atomic E-state index is -0.343. The molecule has 4 nitrogen and oxygen atoms in total. The second kappa shape index (κ2) is 5.89. The van der Waals surface area contributed by atoms with Gasteiger partial charge in [0.25, 0.3) is 0 Å². The lowest BCUT2D eigenvalue weighted by molar-refractivity contribution is 0.559. The van der Waals surface area contributed by atoms with E-state index in [0.717, 1.165) is 30.2 Å². The molecule has 3 rings (SSSR count). The third-order valence-electron chi connectivity index (χ3n) is 3.43. The Labute approximate surface area is 126 Å². The topological polar surface area (TPSA) is 80.1 Å². The van der Waals surface area contributed by atoms with Gasteiger partial charge in [0.15, 0.2) is 5.17 Å². The summed E-state index contributed by atoms with van der Waals surface area (Å²) in [5, 5.41) is 8.29. The van der Waals surface area contributed by atoms with Gasteiger partial charge in [-0.3, -0.25) is 5.41 Å². The number of benzene rings is 1. The number of fused-ring (bicyclic) bond motifs is 2. The number of amidine groups is 1. The molecule has 0 aliphatic heterocycles. The summed E-state index contributed by atoms with van der Waals surface area (Å²) in [5.41, 5.74) is 9.18. The normalized spacial score (nSPS) is 13.0. The Kier molecular flexibility index (Phi) is 4.40. The molecule has 1 aromatic heterocycles. The summed E-state index contributed by atoms with van der Waals surface area (Å²) >= 11 is 1.22. The number of hydrogen-bond donors (Lipinski definition) is 2. The molecule has 0 spiro atoms. The fourth-order valence-corrected chi connectivity index (χ4v) is 3.12. The van der Waals surface area contributed by atoms with Crippen LogP contribution in [-0.4, -0.2) is 5.17 Å². The molecule has 0 amide bonds. The van der Waals surface area contributed by atoms with Crippen LogP contribution >= 0.6 is 24.2 Å². The van der Waals surface area contributed by atoms with Crippen LogP contribution in [0.25, 0.3) is 11.0 Å². The summed E-state index contributed by atoms with van der Waals surface area (Å²) in [6.45, 7) is 0. The predicted octanol–water partition coefficient (Wildman–Crippen LogP) is 2.83. The lowest BCUT2D eigenvalue weighted by atomic mass is 10.0. The van der Waals surface area contributed by atoms with Crippen LogP contribution in [0.2, 0.25) is 0 Å². The van der Waals surface area contributed by atoms with Gasteiger partial charge in [-0.05, 0) is 48.1 Å². The smallest absolute Gasteiger partial charge is 0.336 e. The first-order valence-electron chi connectivity index (χ1n) is 6.19. The van der Waals surface area contributed by atoms with Crippen molar-refractivity contribution in [3.05, 3.63) is 45.3 Å². The average molecular weight is 311 g/mol. The maximum atomic E-state index is 11.6. The fraction of sp³-hybridized carbons (Fsp3) is 0.286.